The SMILES string of the molecule is COCCNC(=O)C(C)Nc1nc(CCC(=O)O)cs1. The summed E-state index contributed by atoms with van der Waals surface area (Å²) in [6.45, 7) is 2.67. The Morgan fingerprint density at radius 1 is 1.55 bits per heavy atom. The molecule has 1 aromatic rings. The lowest BCUT2D eigenvalue weighted by Gasteiger charge is -2.12. The summed E-state index contributed by atoms with van der Waals surface area (Å²) in [4.78, 5) is 26.4. The number of aromatic nitrogens is 1. The number of anilines is 1. The van der Waals surface area contributed by atoms with Gasteiger partial charge in [-0.05, 0) is 6.92 Å². The topological polar surface area (TPSA) is 101 Å². The molecule has 0 radical (unpaired) electrons. The molecule has 1 heterocycles. The highest BCUT2D eigenvalue weighted by molar-refractivity contribution is 7.13. The van der Waals surface area contributed by atoms with Crippen molar-refractivity contribution >= 4 is 28.3 Å². The summed E-state index contributed by atoms with van der Waals surface area (Å²) in [6, 6.07) is -0.412. The Morgan fingerprint density at radius 2 is 2.30 bits per heavy atom. The van der Waals surface area contributed by atoms with Crippen molar-refractivity contribution in [1.82, 2.24) is 10.3 Å². The monoisotopic (exact) mass is 301 g/mol. The van der Waals surface area contributed by atoms with Gasteiger partial charge in [-0.15, -0.1) is 11.3 Å². The molecular formula is C12H19N3O4S. The predicted molar refractivity (Wildman–Crippen MR) is 76.0 cm³/mol. The van der Waals surface area contributed by atoms with Crippen molar-refractivity contribution < 1.29 is 19.4 Å². The molecule has 1 atom stereocenters. The Balaban J connectivity index is 2.39. The Kier molecular flexibility index (Phi) is 6.96. The fraction of sp³-hybridized carbons (Fsp3) is 0.583. The number of rotatable bonds is 9. The van der Waals surface area contributed by atoms with E-state index in [2.05, 4.69) is 15.6 Å². The van der Waals surface area contributed by atoms with E-state index in [-0.39, 0.29) is 12.3 Å². The van der Waals surface area contributed by atoms with Gasteiger partial charge in [-0.1, -0.05) is 0 Å². The number of carboxylic acid groups (broad SMARTS) is 1. The molecule has 0 aromatic carbocycles. The van der Waals surface area contributed by atoms with E-state index in [1.54, 1.807) is 19.4 Å². The van der Waals surface area contributed by atoms with Gasteiger partial charge >= 0.3 is 5.97 Å². The number of nitrogens with one attached hydrogen (secondary N) is 2. The molecule has 0 aliphatic heterocycles. The third-order valence-electron chi connectivity index (χ3n) is 2.49. The van der Waals surface area contributed by atoms with Crippen LogP contribution >= 0.6 is 11.3 Å². The van der Waals surface area contributed by atoms with Crippen LogP contribution in [0, 0.1) is 0 Å². The van der Waals surface area contributed by atoms with Gasteiger partial charge in [0.2, 0.25) is 5.91 Å². The summed E-state index contributed by atoms with van der Waals surface area (Å²) in [5, 5.41) is 16.7. The number of carboxylic acids is 1. The van der Waals surface area contributed by atoms with Crippen LogP contribution in [0.1, 0.15) is 19.0 Å². The zero-order valence-corrected chi connectivity index (χ0v) is 12.3. The van der Waals surface area contributed by atoms with E-state index >= 15 is 0 Å². The van der Waals surface area contributed by atoms with Crippen molar-refractivity contribution in [2.24, 2.45) is 0 Å². The van der Waals surface area contributed by atoms with Crippen molar-refractivity contribution in [3.8, 4) is 0 Å². The maximum absolute atomic E-state index is 11.7. The summed E-state index contributed by atoms with van der Waals surface area (Å²) in [6.07, 6.45) is 0.443. The third kappa shape index (κ3) is 5.98. The lowest BCUT2D eigenvalue weighted by molar-refractivity contribution is -0.137. The second-order valence-corrected chi connectivity index (χ2v) is 5.05. The average Bonchev–Trinajstić information content (AvgIpc) is 2.84. The fourth-order valence-corrected chi connectivity index (χ4v) is 2.24. The zero-order valence-electron chi connectivity index (χ0n) is 11.5. The number of aryl methyl sites for hydroxylation is 1. The van der Waals surface area contributed by atoms with Crippen LogP contribution in [0.4, 0.5) is 5.13 Å². The Labute approximate surface area is 121 Å². The second-order valence-electron chi connectivity index (χ2n) is 4.19. The van der Waals surface area contributed by atoms with E-state index in [9.17, 15) is 9.59 Å². The van der Waals surface area contributed by atoms with Gasteiger partial charge in [0.1, 0.15) is 6.04 Å². The average molecular weight is 301 g/mol. The summed E-state index contributed by atoms with van der Waals surface area (Å²) in [5.41, 5.74) is 0.715. The van der Waals surface area contributed by atoms with E-state index in [0.29, 0.717) is 30.4 Å². The number of ether oxygens (including phenoxy) is 1. The molecule has 0 aliphatic carbocycles. The third-order valence-corrected chi connectivity index (χ3v) is 3.31. The number of hydrogen-bond acceptors (Lipinski definition) is 6. The number of amides is 1. The highest BCUT2D eigenvalue weighted by Crippen LogP contribution is 2.17. The molecule has 3 N–H and O–H groups in total. The van der Waals surface area contributed by atoms with Crippen LogP contribution in [0.5, 0.6) is 0 Å². The van der Waals surface area contributed by atoms with Crippen LogP contribution in [-0.2, 0) is 20.7 Å². The number of carbonyl (C=O) groups is 2. The first-order valence-corrected chi connectivity index (χ1v) is 7.10. The minimum atomic E-state index is -0.849. The summed E-state index contributed by atoms with van der Waals surface area (Å²) in [5.74, 6) is -0.984. The Hall–Kier alpha value is -1.67. The number of hydrogen-bond donors (Lipinski definition) is 3. The minimum Gasteiger partial charge on any atom is -0.481 e. The van der Waals surface area contributed by atoms with Gasteiger partial charge in [-0.2, -0.15) is 0 Å². The lowest BCUT2D eigenvalue weighted by atomic mass is 10.2. The first kappa shape index (κ1) is 16.4. The molecule has 8 heteroatoms. The van der Waals surface area contributed by atoms with Gasteiger partial charge in [-0.25, -0.2) is 4.98 Å². The molecule has 1 rings (SSSR count). The number of aliphatic carboxylic acids is 1. The Morgan fingerprint density at radius 3 is 2.95 bits per heavy atom. The molecule has 0 fully saturated rings. The van der Waals surface area contributed by atoms with Crippen molar-refractivity contribution in [3.05, 3.63) is 11.1 Å². The predicted octanol–water partition coefficient (Wildman–Crippen LogP) is 0.723. The molecule has 0 aliphatic rings. The Bertz CT molecular complexity index is 450. The van der Waals surface area contributed by atoms with Gasteiger partial charge in [0, 0.05) is 25.5 Å². The first-order valence-electron chi connectivity index (χ1n) is 6.22. The van der Waals surface area contributed by atoms with Crippen molar-refractivity contribution in [1.29, 1.82) is 0 Å². The highest BCUT2D eigenvalue weighted by atomic mass is 32.1. The van der Waals surface area contributed by atoms with Gasteiger partial charge < -0.3 is 20.5 Å². The quantitative estimate of drug-likeness (QED) is 0.581. The van der Waals surface area contributed by atoms with Crippen LogP contribution < -0.4 is 10.6 Å². The normalized spacial score (nSPS) is 11.9. The van der Waals surface area contributed by atoms with Crippen LogP contribution in [-0.4, -0.2) is 48.3 Å². The van der Waals surface area contributed by atoms with Crippen LogP contribution in [0.15, 0.2) is 5.38 Å². The lowest BCUT2D eigenvalue weighted by Crippen LogP contribution is -2.39. The van der Waals surface area contributed by atoms with Crippen LogP contribution in [0.25, 0.3) is 0 Å². The zero-order chi connectivity index (χ0) is 15.0. The summed E-state index contributed by atoms with van der Waals surface area (Å²) >= 11 is 1.36. The van der Waals surface area contributed by atoms with E-state index in [1.165, 1.54) is 11.3 Å². The van der Waals surface area contributed by atoms with Gasteiger partial charge in [-0.3, -0.25) is 9.59 Å². The van der Waals surface area contributed by atoms with E-state index in [1.807, 2.05) is 0 Å². The molecule has 20 heavy (non-hydrogen) atoms. The van der Waals surface area contributed by atoms with Crippen molar-refractivity contribution in [2.75, 3.05) is 25.6 Å². The maximum Gasteiger partial charge on any atom is 0.303 e. The largest absolute Gasteiger partial charge is 0.481 e. The first-order chi connectivity index (χ1) is 9.52. The molecular weight excluding hydrogens is 282 g/mol. The molecule has 1 amide bonds. The smallest absolute Gasteiger partial charge is 0.303 e. The molecule has 112 valence electrons. The van der Waals surface area contributed by atoms with Gasteiger partial charge in [0.25, 0.3) is 0 Å². The van der Waals surface area contributed by atoms with E-state index in [0.717, 1.165) is 0 Å². The standard InChI is InChI=1S/C12H19N3O4S/c1-8(11(18)13-5-6-19-2)14-12-15-9(7-20-12)3-4-10(16)17/h7-8H,3-6H2,1-2H3,(H,13,18)(H,14,15)(H,16,17). The minimum absolute atomic E-state index is 0.0518. The van der Waals surface area contributed by atoms with E-state index in [4.69, 9.17) is 9.84 Å². The molecule has 1 aromatic heterocycles. The van der Waals surface area contributed by atoms with Gasteiger partial charge in [0.15, 0.2) is 5.13 Å². The van der Waals surface area contributed by atoms with E-state index < -0.39 is 12.0 Å². The maximum atomic E-state index is 11.7. The fourth-order valence-electron chi connectivity index (χ4n) is 1.40. The molecule has 0 bridgehead atoms. The molecule has 0 saturated heterocycles. The van der Waals surface area contributed by atoms with Gasteiger partial charge in [0.05, 0.1) is 18.7 Å². The van der Waals surface area contributed by atoms with Crippen LogP contribution in [0.2, 0.25) is 0 Å². The van der Waals surface area contributed by atoms with Crippen molar-refractivity contribution in [2.45, 2.75) is 25.8 Å². The number of thiazole rings is 1. The molecule has 7 nitrogen and oxygen atoms in total. The molecule has 1 unspecified atom stereocenters. The molecule has 0 spiro atoms. The number of nitrogens with zero attached hydrogens (tertiary/aromatic N) is 1. The number of methoxy groups -OCH3 is 1. The highest BCUT2D eigenvalue weighted by Gasteiger charge is 2.13. The summed E-state index contributed by atoms with van der Waals surface area (Å²) < 4.78 is 4.85. The van der Waals surface area contributed by atoms with Crippen molar-refractivity contribution in [3.63, 3.8) is 0 Å². The second kappa shape index (κ2) is 8.49. The number of carbonyl (C=O) groups excluding carboxylic acids is 1. The van der Waals surface area contributed by atoms with Crippen LogP contribution in [0.3, 0.4) is 0 Å². The molecule has 0 saturated carbocycles. The summed E-state index contributed by atoms with van der Waals surface area (Å²) in [7, 11) is 1.57.